The fourth-order valence-corrected chi connectivity index (χ4v) is 3.73. The predicted molar refractivity (Wildman–Crippen MR) is 91.3 cm³/mol. The van der Waals surface area contributed by atoms with Crippen molar-refractivity contribution in [1.82, 2.24) is 15.6 Å². The van der Waals surface area contributed by atoms with Crippen molar-refractivity contribution in [3.8, 4) is 10.4 Å². The van der Waals surface area contributed by atoms with E-state index in [2.05, 4.69) is 27.8 Å². The number of thiazole rings is 1. The monoisotopic (exact) mass is 331 g/mol. The summed E-state index contributed by atoms with van der Waals surface area (Å²) in [6, 6.07) is 7.91. The van der Waals surface area contributed by atoms with Crippen molar-refractivity contribution in [3.63, 3.8) is 0 Å². The molecule has 3 rings (SSSR count). The first-order valence-electron chi connectivity index (χ1n) is 7.75. The molecule has 1 saturated heterocycles. The zero-order valence-electron chi connectivity index (χ0n) is 13.3. The van der Waals surface area contributed by atoms with Crippen molar-refractivity contribution < 1.29 is 9.90 Å². The lowest BCUT2D eigenvalue weighted by Crippen LogP contribution is -2.39. The SMILES string of the molecule is Cc1nc(C)c(-c2ccc(CNC(=O)[C@@H]3C[C@@H](O)CN3)cc2)s1. The second-order valence-electron chi connectivity index (χ2n) is 5.91. The Morgan fingerprint density at radius 3 is 2.70 bits per heavy atom. The summed E-state index contributed by atoms with van der Waals surface area (Å²) in [5, 5.41) is 16.4. The van der Waals surface area contributed by atoms with Crippen LogP contribution >= 0.6 is 11.3 Å². The highest BCUT2D eigenvalue weighted by Gasteiger charge is 2.27. The number of carbonyl (C=O) groups is 1. The van der Waals surface area contributed by atoms with Gasteiger partial charge in [0.1, 0.15) is 0 Å². The fourth-order valence-electron chi connectivity index (χ4n) is 2.80. The number of nitrogens with zero attached hydrogens (tertiary/aromatic N) is 1. The van der Waals surface area contributed by atoms with E-state index in [0.29, 0.717) is 19.5 Å². The third-order valence-corrected chi connectivity index (χ3v) is 5.13. The molecule has 1 aliphatic rings. The number of carbonyl (C=O) groups excluding carboxylic acids is 1. The minimum absolute atomic E-state index is 0.0560. The summed E-state index contributed by atoms with van der Waals surface area (Å²) in [6.07, 6.45) is 0.0607. The molecule has 0 saturated carbocycles. The van der Waals surface area contributed by atoms with Crippen LogP contribution in [0.4, 0.5) is 0 Å². The molecule has 1 aromatic heterocycles. The number of amides is 1. The van der Waals surface area contributed by atoms with Crippen molar-refractivity contribution in [1.29, 1.82) is 0 Å². The Hall–Kier alpha value is -1.76. The first kappa shape index (κ1) is 16.1. The highest BCUT2D eigenvalue weighted by atomic mass is 32.1. The van der Waals surface area contributed by atoms with Crippen LogP contribution in [0, 0.1) is 13.8 Å². The Bertz CT molecular complexity index is 696. The second-order valence-corrected chi connectivity index (χ2v) is 7.12. The zero-order chi connectivity index (χ0) is 16.4. The van der Waals surface area contributed by atoms with E-state index < -0.39 is 6.10 Å². The van der Waals surface area contributed by atoms with Crippen molar-refractivity contribution in [2.24, 2.45) is 0 Å². The lowest BCUT2D eigenvalue weighted by Gasteiger charge is -2.11. The van der Waals surface area contributed by atoms with E-state index in [-0.39, 0.29) is 11.9 Å². The van der Waals surface area contributed by atoms with Gasteiger partial charge in [-0.1, -0.05) is 24.3 Å². The molecule has 5 nitrogen and oxygen atoms in total. The lowest BCUT2D eigenvalue weighted by molar-refractivity contribution is -0.123. The lowest BCUT2D eigenvalue weighted by atomic mass is 10.1. The molecule has 3 N–H and O–H groups in total. The van der Waals surface area contributed by atoms with Gasteiger partial charge in [-0.25, -0.2) is 4.98 Å². The summed E-state index contributed by atoms with van der Waals surface area (Å²) >= 11 is 1.70. The van der Waals surface area contributed by atoms with Crippen LogP contribution in [0.1, 0.15) is 22.7 Å². The van der Waals surface area contributed by atoms with Crippen LogP contribution in [0.2, 0.25) is 0 Å². The van der Waals surface area contributed by atoms with Crippen molar-refractivity contribution in [2.45, 2.75) is 39.0 Å². The number of benzene rings is 1. The maximum absolute atomic E-state index is 12.0. The number of aliphatic hydroxyl groups excluding tert-OH is 1. The molecule has 0 spiro atoms. The summed E-state index contributed by atoms with van der Waals surface area (Å²) in [6.45, 7) is 5.02. The van der Waals surface area contributed by atoms with Gasteiger partial charge in [0.15, 0.2) is 0 Å². The number of aromatic nitrogens is 1. The van der Waals surface area contributed by atoms with E-state index in [9.17, 15) is 9.90 Å². The maximum Gasteiger partial charge on any atom is 0.237 e. The molecule has 0 bridgehead atoms. The molecule has 6 heteroatoms. The quantitative estimate of drug-likeness (QED) is 0.798. The molecule has 1 aliphatic heterocycles. The summed E-state index contributed by atoms with van der Waals surface area (Å²) in [7, 11) is 0. The average Bonchev–Trinajstić information content (AvgIpc) is 3.11. The van der Waals surface area contributed by atoms with Crippen LogP contribution in [-0.2, 0) is 11.3 Å². The van der Waals surface area contributed by atoms with Gasteiger partial charge in [-0.3, -0.25) is 4.79 Å². The Morgan fingerprint density at radius 2 is 2.13 bits per heavy atom. The third kappa shape index (κ3) is 3.77. The van der Waals surface area contributed by atoms with E-state index >= 15 is 0 Å². The number of rotatable bonds is 4. The van der Waals surface area contributed by atoms with Gasteiger partial charge in [0, 0.05) is 13.1 Å². The summed E-state index contributed by atoms with van der Waals surface area (Å²) in [5.74, 6) is -0.0560. The molecule has 23 heavy (non-hydrogen) atoms. The third-order valence-electron chi connectivity index (χ3n) is 4.01. The van der Waals surface area contributed by atoms with Gasteiger partial charge in [-0.05, 0) is 31.4 Å². The maximum atomic E-state index is 12.0. The zero-order valence-corrected chi connectivity index (χ0v) is 14.1. The van der Waals surface area contributed by atoms with E-state index in [0.717, 1.165) is 21.8 Å². The molecule has 122 valence electrons. The minimum atomic E-state index is -0.420. The van der Waals surface area contributed by atoms with Crippen LogP contribution in [-0.4, -0.2) is 34.7 Å². The number of β-amino-alcohol motifs (C(OH)–C–C–N with tert-alkyl or cyclic N) is 1. The van der Waals surface area contributed by atoms with E-state index in [1.54, 1.807) is 11.3 Å². The second kappa shape index (κ2) is 6.78. The molecule has 2 atom stereocenters. The normalized spacial score (nSPS) is 20.7. The Labute approximate surface area is 139 Å². The molecule has 0 aliphatic carbocycles. The van der Waals surface area contributed by atoms with Crippen molar-refractivity contribution in [2.75, 3.05) is 6.54 Å². The van der Waals surface area contributed by atoms with Crippen LogP contribution in [0.25, 0.3) is 10.4 Å². The topological polar surface area (TPSA) is 74.2 Å². The number of hydrogen-bond acceptors (Lipinski definition) is 5. The van der Waals surface area contributed by atoms with Gasteiger partial charge >= 0.3 is 0 Å². The summed E-state index contributed by atoms with van der Waals surface area (Å²) in [4.78, 5) is 17.7. The fraction of sp³-hybridized carbons (Fsp3) is 0.412. The smallest absolute Gasteiger partial charge is 0.237 e. The molecule has 2 heterocycles. The standard InChI is InChI=1S/C17H21N3O2S/c1-10-16(23-11(2)20-10)13-5-3-12(4-6-13)8-19-17(22)15-7-14(21)9-18-15/h3-6,14-15,18,21H,7-9H2,1-2H3,(H,19,22)/t14-,15+/m1/s1. The highest BCUT2D eigenvalue weighted by Crippen LogP contribution is 2.29. The van der Waals surface area contributed by atoms with Gasteiger partial charge in [0.2, 0.25) is 5.91 Å². The molecule has 1 amide bonds. The molecule has 0 radical (unpaired) electrons. The first-order valence-corrected chi connectivity index (χ1v) is 8.57. The van der Waals surface area contributed by atoms with Crippen molar-refractivity contribution >= 4 is 17.2 Å². The molecular formula is C17H21N3O2S. The van der Waals surface area contributed by atoms with Gasteiger partial charge in [-0.15, -0.1) is 11.3 Å². The van der Waals surface area contributed by atoms with Crippen LogP contribution in [0.15, 0.2) is 24.3 Å². The minimum Gasteiger partial charge on any atom is -0.392 e. The first-order chi connectivity index (χ1) is 11.0. The van der Waals surface area contributed by atoms with Crippen LogP contribution in [0.3, 0.4) is 0 Å². The Morgan fingerprint density at radius 1 is 1.39 bits per heavy atom. The molecule has 1 fully saturated rings. The van der Waals surface area contributed by atoms with E-state index in [1.165, 1.54) is 4.88 Å². The molecule has 2 aromatic rings. The summed E-state index contributed by atoms with van der Waals surface area (Å²) < 4.78 is 0. The van der Waals surface area contributed by atoms with Gasteiger partial charge < -0.3 is 15.7 Å². The van der Waals surface area contributed by atoms with E-state index in [1.807, 2.05) is 26.0 Å². The number of aliphatic hydroxyl groups is 1. The number of hydrogen-bond donors (Lipinski definition) is 3. The average molecular weight is 331 g/mol. The van der Waals surface area contributed by atoms with Crippen molar-refractivity contribution in [3.05, 3.63) is 40.5 Å². The van der Waals surface area contributed by atoms with Gasteiger partial charge in [0.05, 0.1) is 27.7 Å². The Kier molecular flexibility index (Phi) is 4.75. The largest absolute Gasteiger partial charge is 0.392 e. The number of nitrogens with one attached hydrogen (secondary N) is 2. The van der Waals surface area contributed by atoms with Gasteiger partial charge in [-0.2, -0.15) is 0 Å². The summed E-state index contributed by atoms with van der Waals surface area (Å²) in [5.41, 5.74) is 3.27. The molecule has 0 unspecified atom stereocenters. The predicted octanol–water partition coefficient (Wildman–Crippen LogP) is 1.77. The highest BCUT2D eigenvalue weighted by molar-refractivity contribution is 7.15. The molecular weight excluding hydrogens is 310 g/mol. The molecule has 1 aromatic carbocycles. The van der Waals surface area contributed by atoms with Gasteiger partial charge in [0.25, 0.3) is 0 Å². The number of aryl methyl sites for hydroxylation is 2. The van der Waals surface area contributed by atoms with Crippen LogP contribution < -0.4 is 10.6 Å². The van der Waals surface area contributed by atoms with Crippen LogP contribution in [0.5, 0.6) is 0 Å². The Balaban J connectivity index is 1.59. The van der Waals surface area contributed by atoms with E-state index in [4.69, 9.17) is 0 Å².